The molecule has 4 heterocycles. The third-order valence-electron chi connectivity index (χ3n) is 5.21. The molecule has 0 saturated carbocycles. The molecule has 0 amide bonds. The fourth-order valence-corrected chi connectivity index (χ4v) is 3.95. The van der Waals surface area contributed by atoms with Gasteiger partial charge in [0, 0.05) is 39.9 Å². The Morgan fingerprint density at radius 3 is 2.50 bits per heavy atom. The van der Waals surface area contributed by atoms with Gasteiger partial charge in [0.25, 0.3) is 0 Å². The third-order valence-corrected chi connectivity index (χ3v) is 5.21. The molecule has 3 aromatic heterocycles. The maximum absolute atomic E-state index is 4.43. The van der Waals surface area contributed by atoms with Gasteiger partial charge in [-0.25, -0.2) is 4.98 Å². The van der Waals surface area contributed by atoms with Gasteiger partial charge in [-0.3, -0.25) is 0 Å². The van der Waals surface area contributed by atoms with E-state index in [9.17, 15) is 0 Å². The van der Waals surface area contributed by atoms with E-state index in [4.69, 9.17) is 0 Å². The molecule has 4 heteroatoms. The molecule has 6 rings (SSSR count). The summed E-state index contributed by atoms with van der Waals surface area (Å²) < 4.78 is 0. The highest BCUT2D eigenvalue weighted by Gasteiger charge is 2.13. The summed E-state index contributed by atoms with van der Waals surface area (Å²) in [7, 11) is 0. The topological polar surface area (TPSA) is 56.5 Å². The average Bonchev–Trinajstić information content (AvgIpc) is 3.25. The van der Waals surface area contributed by atoms with Crippen LogP contribution in [0.3, 0.4) is 0 Å². The molecule has 0 spiro atoms. The van der Waals surface area contributed by atoms with Crippen molar-refractivity contribution in [3.05, 3.63) is 66.5 Å². The Morgan fingerprint density at radius 1 is 0.808 bits per heavy atom. The second-order valence-electron chi connectivity index (χ2n) is 6.74. The molecular weight excluding hydrogens is 320 g/mol. The van der Waals surface area contributed by atoms with E-state index in [0.29, 0.717) is 0 Å². The van der Waals surface area contributed by atoms with E-state index in [2.05, 4.69) is 74.9 Å². The van der Waals surface area contributed by atoms with E-state index in [0.717, 1.165) is 34.3 Å². The van der Waals surface area contributed by atoms with Crippen LogP contribution in [0.4, 0.5) is 5.69 Å². The summed E-state index contributed by atoms with van der Waals surface area (Å²) in [4.78, 5) is 11.3. The van der Waals surface area contributed by atoms with Gasteiger partial charge < -0.3 is 15.3 Å². The van der Waals surface area contributed by atoms with Crippen molar-refractivity contribution in [2.24, 2.45) is 0 Å². The van der Waals surface area contributed by atoms with Crippen LogP contribution >= 0.6 is 0 Å². The molecule has 0 fully saturated rings. The van der Waals surface area contributed by atoms with Crippen LogP contribution in [0.15, 0.2) is 60.8 Å². The van der Waals surface area contributed by atoms with Crippen LogP contribution in [-0.4, -0.2) is 21.5 Å². The standard InChI is InChI=1S/C22H16N4/c1-3-15-16-11-13(5-7-18(16)26-22(15)24-10-1)14-6-8-19-17(12-14)21-20(25-19)4-2-9-23-21/h1-8,10-12,23,25H,9H2,(H,24,26). The van der Waals surface area contributed by atoms with Crippen LogP contribution in [0.2, 0.25) is 0 Å². The molecule has 5 aromatic rings. The molecule has 1 aliphatic heterocycles. The van der Waals surface area contributed by atoms with Crippen molar-refractivity contribution in [1.82, 2.24) is 15.0 Å². The van der Waals surface area contributed by atoms with E-state index in [1.165, 1.54) is 27.6 Å². The van der Waals surface area contributed by atoms with E-state index in [1.807, 2.05) is 12.3 Å². The highest BCUT2D eigenvalue weighted by Crippen LogP contribution is 2.35. The van der Waals surface area contributed by atoms with Crippen molar-refractivity contribution >= 4 is 44.6 Å². The quantitative estimate of drug-likeness (QED) is 0.389. The normalized spacial score (nSPS) is 13.4. The summed E-state index contributed by atoms with van der Waals surface area (Å²) in [6.45, 7) is 0.873. The van der Waals surface area contributed by atoms with Gasteiger partial charge in [0.1, 0.15) is 5.65 Å². The summed E-state index contributed by atoms with van der Waals surface area (Å²) in [5.41, 5.74) is 8.00. The molecule has 1 aliphatic rings. The van der Waals surface area contributed by atoms with E-state index >= 15 is 0 Å². The fraction of sp³-hybridized carbons (Fsp3) is 0.0455. The number of pyridine rings is 1. The largest absolute Gasteiger partial charge is 0.379 e. The fourth-order valence-electron chi connectivity index (χ4n) is 3.95. The minimum Gasteiger partial charge on any atom is -0.379 e. The Morgan fingerprint density at radius 2 is 1.62 bits per heavy atom. The van der Waals surface area contributed by atoms with Crippen molar-refractivity contribution in [1.29, 1.82) is 0 Å². The number of fused-ring (bicyclic) bond motifs is 6. The second-order valence-corrected chi connectivity index (χ2v) is 6.74. The number of anilines is 1. The Bertz CT molecular complexity index is 1340. The molecule has 0 bridgehead atoms. The number of nitrogens with one attached hydrogen (secondary N) is 3. The van der Waals surface area contributed by atoms with Gasteiger partial charge >= 0.3 is 0 Å². The zero-order valence-corrected chi connectivity index (χ0v) is 14.0. The molecule has 124 valence electrons. The highest BCUT2D eigenvalue weighted by atomic mass is 14.9. The zero-order valence-electron chi connectivity index (χ0n) is 14.0. The van der Waals surface area contributed by atoms with E-state index < -0.39 is 0 Å². The Hall–Kier alpha value is -3.53. The molecule has 3 N–H and O–H groups in total. The summed E-state index contributed by atoms with van der Waals surface area (Å²) in [5, 5.41) is 7.10. The first kappa shape index (κ1) is 13.7. The Labute approximate surface area is 149 Å². The van der Waals surface area contributed by atoms with Gasteiger partial charge in [-0.05, 0) is 53.6 Å². The van der Waals surface area contributed by atoms with Crippen molar-refractivity contribution in [3.63, 3.8) is 0 Å². The van der Waals surface area contributed by atoms with Crippen molar-refractivity contribution < 1.29 is 0 Å². The molecule has 0 atom stereocenters. The van der Waals surface area contributed by atoms with Crippen LogP contribution in [0.25, 0.3) is 50.0 Å². The number of benzene rings is 2. The number of hydrogen-bond acceptors (Lipinski definition) is 2. The second kappa shape index (κ2) is 4.99. The minimum absolute atomic E-state index is 0.873. The molecule has 0 unspecified atom stereocenters. The number of nitrogens with zero attached hydrogens (tertiary/aromatic N) is 1. The lowest BCUT2D eigenvalue weighted by Gasteiger charge is -2.09. The number of H-pyrrole nitrogens is 2. The lowest BCUT2D eigenvalue weighted by molar-refractivity contribution is 1.29. The van der Waals surface area contributed by atoms with Gasteiger partial charge in [0.05, 0.1) is 11.4 Å². The third kappa shape index (κ3) is 1.87. The number of rotatable bonds is 1. The summed E-state index contributed by atoms with van der Waals surface area (Å²) in [6, 6.07) is 17.3. The molecule has 4 nitrogen and oxygen atoms in total. The summed E-state index contributed by atoms with van der Waals surface area (Å²) in [5.74, 6) is 0. The van der Waals surface area contributed by atoms with E-state index in [-0.39, 0.29) is 0 Å². The zero-order chi connectivity index (χ0) is 17.1. The summed E-state index contributed by atoms with van der Waals surface area (Å²) >= 11 is 0. The molecule has 2 aromatic carbocycles. The van der Waals surface area contributed by atoms with Gasteiger partial charge in [-0.1, -0.05) is 18.2 Å². The highest BCUT2D eigenvalue weighted by molar-refractivity contribution is 6.07. The summed E-state index contributed by atoms with van der Waals surface area (Å²) in [6.07, 6.45) is 6.11. The molecular formula is C22H16N4. The lowest BCUT2D eigenvalue weighted by atomic mass is 10.0. The SMILES string of the molecule is C1=Cc2[nH]c3ccc(-c4ccc5[nH]c6ncccc6c5c4)cc3c2NC1. The predicted octanol–water partition coefficient (Wildman–Crippen LogP) is 5.30. The van der Waals surface area contributed by atoms with Gasteiger partial charge in [0.2, 0.25) is 0 Å². The first-order valence-corrected chi connectivity index (χ1v) is 8.80. The van der Waals surface area contributed by atoms with Crippen LogP contribution in [0.5, 0.6) is 0 Å². The number of hydrogen-bond donors (Lipinski definition) is 3. The number of aromatic amines is 2. The maximum Gasteiger partial charge on any atom is 0.138 e. The van der Waals surface area contributed by atoms with Crippen LogP contribution in [0.1, 0.15) is 5.69 Å². The van der Waals surface area contributed by atoms with Crippen LogP contribution in [-0.2, 0) is 0 Å². The van der Waals surface area contributed by atoms with Crippen LogP contribution < -0.4 is 5.32 Å². The van der Waals surface area contributed by atoms with E-state index in [1.54, 1.807) is 0 Å². The molecule has 0 saturated heterocycles. The van der Waals surface area contributed by atoms with Gasteiger partial charge in [0.15, 0.2) is 0 Å². The lowest BCUT2D eigenvalue weighted by Crippen LogP contribution is -2.02. The smallest absolute Gasteiger partial charge is 0.138 e. The first-order chi connectivity index (χ1) is 12.9. The van der Waals surface area contributed by atoms with Gasteiger partial charge in [-0.15, -0.1) is 0 Å². The first-order valence-electron chi connectivity index (χ1n) is 8.80. The van der Waals surface area contributed by atoms with Gasteiger partial charge in [-0.2, -0.15) is 0 Å². The molecule has 0 radical (unpaired) electrons. The minimum atomic E-state index is 0.873. The Kier molecular flexibility index (Phi) is 2.63. The average molecular weight is 336 g/mol. The van der Waals surface area contributed by atoms with Crippen molar-refractivity contribution in [2.45, 2.75) is 0 Å². The van der Waals surface area contributed by atoms with Crippen LogP contribution in [0, 0.1) is 0 Å². The maximum atomic E-state index is 4.43. The monoisotopic (exact) mass is 336 g/mol. The predicted molar refractivity (Wildman–Crippen MR) is 108 cm³/mol. The van der Waals surface area contributed by atoms with Crippen molar-refractivity contribution in [3.8, 4) is 11.1 Å². The number of aromatic nitrogens is 3. The molecule has 0 aliphatic carbocycles. The van der Waals surface area contributed by atoms with Crippen molar-refractivity contribution in [2.75, 3.05) is 11.9 Å². The Balaban J connectivity index is 1.57. The molecule has 26 heavy (non-hydrogen) atoms.